The van der Waals surface area contributed by atoms with Gasteiger partial charge in [-0.05, 0) is 0 Å². The number of hydrogen-bond acceptors (Lipinski definition) is 4. The molecule has 1 amide bonds. The van der Waals surface area contributed by atoms with Gasteiger partial charge in [-0.3, -0.25) is 0 Å². The van der Waals surface area contributed by atoms with Crippen LogP contribution in [0.3, 0.4) is 0 Å². The summed E-state index contributed by atoms with van der Waals surface area (Å²) in [5.74, 6) is 1.34. The Labute approximate surface area is 242 Å². The molecule has 1 aliphatic heterocycles. The van der Waals surface area contributed by atoms with Crippen LogP contribution in [0.15, 0.2) is 59.0 Å². The van der Waals surface area contributed by atoms with Crippen molar-refractivity contribution >= 4 is 51.3 Å². The average Bonchev–Trinajstić information content (AvgIpc) is 3.70. The normalized spacial score (nSPS) is 14.9. The van der Waals surface area contributed by atoms with Crippen LogP contribution in [-0.2, 0) is 11.2 Å². The third kappa shape index (κ3) is 7.42. The Balaban J connectivity index is 1.53. The number of H-pyrrole nitrogens is 1. The van der Waals surface area contributed by atoms with Gasteiger partial charge in [0.25, 0.3) is 0 Å². The topological polar surface area (TPSA) is 74.2 Å². The molecule has 0 saturated carbocycles. The molecule has 2 N–H and O–H groups in total. The van der Waals surface area contributed by atoms with Gasteiger partial charge in [-0.2, -0.15) is 0 Å². The second-order valence-corrected chi connectivity index (χ2v) is 24.3. The van der Waals surface area contributed by atoms with Crippen LogP contribution in [0.2, 0.25) is 13.3 Å². The molecule has 2 aromatic heterocycles. The van der Waals surface area contributed by atoms with Crippen LogP contribution in [0, 0.1) is 0 Å². The third-order valence-corrected chi connectivity index (χ3v) is 23.7. The van der Waals surface area contributed by atoms with Gasteiger partial charge in [0.1, 0.15) is 0 Å². The summed E-state index contributed by atoms with van der Waals surface area (Å²) in [5.41, 5.74) is 2.46. The van der Waals surface area contributed by atoms with E-state index in [0.29, 0.717) is 29.5 Å². The van der Waals surface area contributed by atoms with Crippen molar-refractivity contribution in [1.82, 2.24) is 20.2 Å². The summed E-state index contributed by atoms with van der Waals surface area (Å²) in [6, 6.07) is 13.2. The molecule has 3 aromatic rings. The third-order valence-electron chi connectivity index (χ3n) is 7.81. The molecular formula is C31H42N4O2SSn. The van der Waals surface area contributed by atoms with E-state index in [-0.39, 0.29) is 5.91 Å². The first-order valence-electron chi connectivity index (χ1n) is 14.5. The molecule has 0 spiro atoms. The van der Waals surface area contributed by atoms with Gasteiger partial charge in [-0.15, -0.1) is 0 Å². The number of carbonyl (C=O) groups excluding carboxylic acids is 1. The Kier molecular flexibility index (Phi) is 10.9. The minimum atomic E-state index is -2.54. The van der Waals surface area contributed by atoms with Crippen molar-refractivity contribution in [3.63, 3.8) is 0 Å². The number of nitrogens with one attached hydrogen (secondary N) is 2. The van der Waals surface area contributed by atoms with Crippen LogP contribution in [0.1, 0.15) is 70.8 Å². The molecule has 0 aliphatic carbocycles. The second-order valence-electron chi connectivity index (χ2n) is 10.6. The Morgan fingerprint density at radius 3 is 2.38 bits per heavy atom. The summed E-state index contributed by atoms with van der Waals surface area (Å²) in [6.07, 6.45) is 13.7. The molecule has 1 aromatic carbocycles. The van der Waals surface area contributed by atoms with Crippen molar-refractivity contribution in [3.05, 3.63) is 66.1 Å². The number of thiocarbonyl (C=S) groups is 1. The van der Waals surface area contributed by atoms with E-state index >= 15 is 0 Å². The summed E-state index contributed by atoms with van der Waals surface area (Å²) >= 11 is 2.89. The molecule has 0 radical (unpaired) electrons. The molecular weight excluding hydrogens is 611 g/mol. The number of carbonyl (C=O) groups is 1. The molecule has 1 aliphatic rings. The molecule has 8 heteroatoms. The number of amides is 1. The van der Waals surface area contributed by atoms with E-state index in [1.54, 1.807) is 20.9 Å². The fraction of sp³-hybridized carbons (Fsp3) is 0.452. The number of aromatic nitrogens is 2. The van der Waals surface area contributed by atoms with Crippen molar-refractivity contribution in [2.75, 3.05) is 6.54 Å². The molecule has 1 saturated heterocycles. The van der Waals surface area contributed by atoms with E-state index in [9.17, 15) is 4.79 Å². The first-order valence-corrected chi connectivity index (χ1v) is 22.4. The van der Waals surface area contributed by atoms with Gasteiger partial charge >= 0.3 is 215 Å². The second kappa shape index (κ2) is 14.3. The molecule has 1 fully saturated rings. The quantitative estimate of drug-likeness (QED) is 0.105. The zero-order valence-corrected chi connectivity index (χ0v) is 27.3. The van der Waals surface area contributed by atoms with Crippen LogP contribution in [-0.4, -0.2) is 50.8 Å². The zero-order chi connectivity index (χ0) is 27.7. The number of nitrogens with zero attached hydrogens (tertiary/aromatic N) is 2. The number of aromatic amines is 1. The predicted octanol–water partition coefficient (Wildman–Crippen LogP) is 7.03. The number of benzene rings is 1. The predicted molar refractivity (Wildman–Crippen MR) is 166 cm³/mol. The number of rotatable bonds is 15. The van der Waals surface area contributed by atoms with Crippen molar-refractivity contribution in [1.29, 1.82) is 0 Å². The van der Waals surface area contributed by atoms with Crippen molar-refractivity contribution < 1.29 is 9.21 Å². The molecule has 6 nitrogen and oxygen atoms in total. The van der Waals surface area contributed by atoms with Crippen LogP contribution < -0.4 is 8.90 Å². The van der Waals surface area contributed by atoms with Crippen molar-refractivity contribution in [2.24, 2.45) is 0 Å². The Morgan fingerprint density at radius 2 is 1.74 bits per heavy atom. The standard InChI is InChI=1S/C19H15N4O2S.3C4H9.Sn/c24-18-16(22-19(26)23(18)9-8-14-11-20-12-21-14)10-15-6-7-17(25-15)13-4-2-1-3-5-13;3*1-3-4-2;/h1-2,4-7,10-12H,8-9H2,(H,20,21)(H,22,26);3*1,3-4H2,2H3;/b16-10-;;;;. The molecule has 0 atom stereocenters. The Morgan fingerprint density at radius 1 is 1.03 bits per heavy atom. The first kappa shape index (κ1) is 29.6. The molecule has 4 rings (SSSR count). The molecule has 3 heterocycles. The van der Waals surface area contributed by atoms with Crippen LogP contribution in [0.25, 0.3) is 17.4 Å². The first-order chi connectivity index (χ1) is 19.0. The van der Waals surface area contributed by atoms with E-state index in [4.69, 9.17) is 16.6 Å². The van der Waals surface area contributed by atoms with Gasteiger partial charge < -0.3 is 4.98 Å². The number of furan rings is 1. The van der Waals surface area contributed by atoms with E-state index in [1.807, 2.05) is 18.3 Å². The average molecular weight is 653 g/mol. The Bertz CT molecular complexity index is 1250. The molecule has 208 valence electrons. The minimum absolute atomic E-state index is 0.142. The monoisotopic (exact) mass is 654 g/mol. The Hall–Kier alpha value is -2.39. The summed E-state index contributed by atoms with van der Waals surface area (Å²) in [7, 11) is 0. The van der Waals surface area contributed by atoms with Gasteiger partial charge in [-0.25, -0.2) is 4.98 Å². The number of unbranched alkanes of at least 4 members (excludes halogenated alkanes) is 3. The number of hydrogen-bond donors (Lipinski definition) is 2. The summed E-state index contributed by atoms with van der Waals surface area (Å²) in [4.78, 5) is 21.8. The molecule has 0 bridgehead atoms. The van der Waals surface area contributed by atoms with Gasteiger partial charge in [0.05, 0.1) is 12.0 Å². The number of imidazole rings is 1. The zero-order valence-electron chi connectivity index (χ0n) is 23.6. The summed E-state index contributed by atoms with van der Waals surface area (Å²) in [6.45, 7) is 7.44. The van der Waals surface area contributed by atoms with Gasteiger partial charge in [0.15, 0.2) is 0 Å². The SMILES string of the molecule is CCC[CH2][Sn]([CH2]CCC)([CH2]CCC)[c]1cccc(-c2ccc(/C=C3\NC(=S)N(CCc4c[nH]cn4)C3=O)o2)c1. The maximum atomic E-state index is 13.0. The summed E-state index contributed by atoms with van der Waals surface area (Å²) in [5, 5.41) is 3.47. The maximum absolute atomic E-state index is 13.0. The molecule has 39 heavy (non-hydrogen) atoms. The van der Waals surface area contributed by atoms with Crippen molar-refractivity contribution in [3.8, 4) is 11.3 Å². The van der Waals surface area contributed by atoms with Crippen molar-refractivity contribution in [2.45, 2.75) is 79.0 Å². The van der Waals surface area contributed by atoms with Crippen LogP contribution in [0.5, 0.6) is 0 Å². The van der Waals surface area contributed by atoms with E-state index in [0.717, 1.165) is 17.0 Å². The molecule has 0 unspecified atom stereocenters. The van der Waals surface area contributed by atoms with E-state index in [2.05, 4.69) is 60.3 Å². The fourth-order valence-electron chi connectivity index (χ4n) is 5.51. The van der Waals surface area contributed by atoms with Crippen LogP contribution >= 0.6 is 12.2 Å². The van der Waals surface area contributed by atoms with E-state index < -0.39 is 18.4 Å². The van der Waals surface area contributed by atoms with E-state index in [1.165, 1.54) is 51.8 Å². The van der Waals surface area contributed by atoms with Gasteiger partial charge in [0.2, 0.25) is 0 Å². The fourth-order valence-corrected chi connectivity index (χ4v) is 21.8. The van der Waals surface area contributed by atoms with Gasteiger partial charge in [0, 0.05) is 6.20 Å². The summed E-state index contributed by atoms with van der Waals surface area (Å²) < 4.78 is 12.2. The van der Waals surface area contributed by atoms with Crippen LogP contribution in [0.4, 0.5) is 0 Å². The van der Waals surface area contributed by atoms with Gasteiger partial charge in [-0.1, -0.05) is 0 Å².